The first kappa shape index (κ1) is 22.2. The van der Waals surface area contributed by atoms with Gasteiger partial charge in [-0.25, -0.2) is 4.79 Å². The van der Waals surface area contributed by atoms with Crippen LogP contribution in [-0.2, 0) is 19.5 Å². The molecule has 0 atom stereocenters. The number of aryl methyl sites for hydroxylation is 1. The van der Waals surface area contributed by atoms with Gasteiger partial charge in [0.1, 0.15) is 5.69 Å². The lowest BCUT2D eigenvalue weighted by Gasteiger charge is -2.10. The molecule has 4 aromatic rings. The van der Waals surface area contributed by atoms with Crippen LogP contribution >= 0.6 is 11.8 Å². The number of hydrogen-bond acceptors (Lipinski definition) is 3. The number of carbonyl (C=O) groups is 1. The fraction of sp³-hybridized carbons (Fsp3) is 0.222. The molecule has 2 N–H and O–H groups in total. The first-order valence-corrected chi connectivity index (χ1v) is 12.0. The molecule has 32 heavy (non-hydrogen) atoms. The van der Waals surface area contributed by atoms with E-state index in [1.54, 1.807) is 11.8 Å². The molecule has 0 spiro atoms. The Balaban J connectivity index is 1.59. The number of nitrogens with zero attached hydrogens (tertiary/aromatic N) is 1. The van der Waals surface area contributed by atoms with Crippen molar-refractivity contribution in [1.82, 2.24) is 9.88 Å². The third kappa shape index (κ3) is 4.90. The molecule has 5 heteroatoms. The molecule has 0 aliphatic rings. The molecule has 4 nitrogen and oxygen atoms in total. The number of benzene rings is 3. The molecule has 0 bridgehead atoms. The highest BCUT2D eigenvalue weighted by molar-refractivity contribution is 7.98. The highest BCUT2D eigenvalue weighted by atomic mass is 32.2. The van der Waals surface area contributed by atoms with Crippen molar-refractivity contribution in [2.45, 2.75) is 31.3 Å². The second kappa shape index (κ2) is 10.1. The zero-order valence-electron chi connectivity index (χ0n) is 18.5. The largest absolute Gasteiger partial charge is 0.477 e. The van der Waals surface area contributed by atoms with Crippen LogP contribution in [0.2, 0.25) is 0 Å². The van der Waals surface area contributed by atoms with Crippen LogP contribution < -0.4 is 5.32 Å². The molecule has 0 aliphatic heterocycles. The van der Waals surface area contributed by atoms with Gasteiger partial charge in [-0.3, -0.25) is 0 Å². The minimum atomic E-state index is -0.890. The molecule has 1 heterocycles. The summed E-state index contributed by atoms with van der Waals surface area (Å²) in [5.41, 5.74) is 5.66. The van der Waals surface area contributed by atoms with E-state index in [-0.39, 0.29) is 0 Å². The average molecular weight is 445 g/mol. The summed E-state index contributed by atoms with van der Waals surface area (Å²) in [6.45, 7) is 3.88. The topological polar surface area (TPSA) is 54.3 Å². The number of aromatic carboxylic acids is 1. The van der Waals surface area contributed by atoms with E-state index in [0.29, 0.717) is 18.8 Å². The van der Waals surface area contributed by atoms with Crippen LogP contribution in [-0.4, -0.2) is 28.4 Å². The molecular formula is C27H28N2O2S. The first-order chi connectivity index (χ1) is 15.6. The molecule has 0 radical (unpaired) electrons. The van der Waals surface area contributed by atoms with Gasteiger partial charge in [-0.05, 0) is 61.0 Å². The maximum Gasteiger partial charge on any atom is 0.352 e. The van der Waals surface area contributed by atoms with Crippen molar-refractivity contribution in [2.24, 2.45) is 0 Å². The molecular weight excluding hydrogens is 416 g/mol. The predicted molar refractivity (Wildman–Crippen MR) is 133 cm³/mol. The lowest BCUT2D eigenvalue weighted by Crippen LogP contribution is -2.19. The van der Waals surface area contributed by atoms with Gasteiger partial charge < -0.3 is 15.0 Å². The summed E-state index contributed by atoms with van der Waals surface area (Å²) in [6.07, 6.45) is 2.98. The van der Waals surface area contributed by atoms with E-state index in [9.17, 15) is 9.90 Å². The summed E-state index contributed by atoms with van der Waals surface area (Å²) in [4.78, 5) is 13.6. The molecule has 0 unspecified atom stereocenters. The van der Waals surface area contributed by atoms with Crippen LogP contribution in [0.5, 0.6) is 0 Å². The minimum absolute atomic E-state index is 0.367. The smallest absolute Gasteiger partial charge is 0.352 e. The molecule has 164 valence electrons. The van der Waals surface area contributed by atoms with Crippen LogP contribution in [0.3, 0.4) is 0 Å². The summed E-state index contributed by atoms with van der Waals surface area (Å²) in [7, 11) is 0. The normalized spacial score (nSPS) is 11.2. The van der Waals surface area contributed by atoms with E-state index in [1.165, 1.54) is 10.5 Å². The van der Waals surface area contributed by atoms with Gasteiger partial charge in [-0.15, -0.1) is 11.8 Å². The van der Waals surface area contributed by atoms with Crippen LogP contribution in [0.25, 0.3) is 10.9 Å². The summed E-state index contributed by atoms with van der Waals surface area (Å²) < 4.78 is 1.94. The maximum atomic E-state index is 12.4. The van der Waals surface area contributed by atoms with Crippen molar-refractivity contribution >= 4 is 28.6 Å². The van der Waals surface area contributed by atoms with Gasteiger partial charge in [0, 0.05) is 34.5 Å². The van der Waals surface area contributed by atoms with Crippen LogP contribution in [0.1, 0.15) is 32.7 Å². The SMILES string of the molecule is CSc1ccc(CCNCc2c(C(=O)O)n(Cc3ccccc3)c3cc(C)ccc23)cc1. The summed E-state index contributed by atoms with van der Waals surface area (Å²) in [6, 6.07) is 24.8. The second-order valence-corrected chi connectivity index (χ2v) is 8.88. The Morgan fingerprint density at radius 1 is 1.00 bits per heavy atom. The lowest BCUT2D eigenvalue weighted by molar-refractivity contribution is 0.0684. The van der Waals surface area contributed by atoms with Crippen molar-refractivity contribution in [3.63, 3.8) is 0 Å². The van der Waals surface area contributed by atoms with E-state index in [0.717, 1.165) is 40.6 Å². The van der Waals surface area contributed by atoms with Gasteiger partial charge in [-0.2, -0.15) is 0 Å². The number of rotatable bonds is 9. The Labute approximate surface area is 193 Å². The van der Waals surface area contributed by atoms with Crippen molar-refractivity contribution in [1.29, 1.82) is 0 Å². The van der Waals surface area contributed by atoms with Crippen LogP contribution in [0, 0.1) is 6.92 Å². The maximum absolute atomic E-state index is 12.4. The Kier molecular flexibility index (Phi) is 6.98. The van der Waals surface area contributed by atoms with Crippen LogP contribution in [0.15, 0.2) is 77.7 Å². The van der Waals surface area contributed by atoms with Crippen LogP contribution in [0.4, 0.5) is 0 Å². The lowest BCUT2D eigenvalue weighted by atomic mass is 10.1. The first-order valence-electron chi connectivity index (χ1n) is 10.8. The average Bonchev–Trinajstić information content (AvgIpc) is 3.10. The van der Waals surface area contributed by atoms with Crippen molar-refractivity contribution in [3.05, 3.63) is 101 Å². The predicted octanol–water partition coefficient (Wildman–Crippen LogP) is 5.75. The number of thioether (sulfide) groups is 1. The van der Waals surface area contributed by atoms with E-state index in [2.05, 4.69) is 54.0 Å². The molecule has 4 rings (SSSR count). The number of aromatic nitrogens is 1. The molecule has 3 aromatic carbocycles. The van der Waals surface area contributed by atoms with E-state index < -0.39 is 5.97 Å². The highest BCUT2D eigenvalue weighted by Gasteiger charge is 2.22. The Morgan fingerprint density at radius 3 is 2.44 bits per heavy atom. The van der Waals surface area contributed by atoms with Crippen molar-refractivity contribution in [2.75, 3.05) is 12.8 Å². The Hall–Kier alpha value is -3.02. The number of carboxylic acids is 1. The number of hydrogen-bond donors (Lipinski definition) is 2. The van der Waals surface area contributed by atoms with Gasteiger partial charge in [0.05, 0.1) is 0 Å². The fourth-order valence-corrected chi connectivity index (χ4v) is 4.53. The molecule has 0 saturated heterocycles. The monoisotopic (exact) mass is 444 g/mol. The zero-order chi connectivity index (χ0) is 22.5. The van der Waals surface area contributed by atoms with E-state index >= 15 is 0 Å². The van der Waals surface area contributed by atoms with Gasteiger partial charge in [0.25, 0.3) is 0 Å². The van der Waals surface area contributed by atoms with Crippen molar-refractivity contribution in [3.8, 4) is 0 Å². The number of fused-ring (bicyclic) bond motifs is 1. The summed E-state index contributed by atoms with van der Waals surface area (Å²) in [5.74, 6) is -0.890. The summed E-state index contributed by atoms with van der Waals surface area (Å²) >= 11 is 1.74. The zero-order valence-corrected chi connectivity index (χ0v) is 19.3. The fourth-order valence-electron chi connectivity index (χ4n) is 4.12. The number of carboxylic acid groups (broad SMARTS) is 1. The molecule has 1 aromatic heterocycles. The van der Waals surface area contributed by atoms with Gasteiger partial charge in [0.2, 0.25) is 0 Å². The third-order valence-electron chi connectivity index (χ3n) is 5.76. The molecule has 0 saturated carbocycles. The number of nitrogens with one attached hydrogen (secondary N) is 1. The molecule has 0 fully saturated rings. The minimum Gasteiger partial charge on any atom is -0.477 e. The van der Waals surface area contributed by atoms with Gasteiger partial charge >= 0.3 is 5.97 Å². The Bertz CT molecular complexity index is 1210. The highest BCUT2D eigenvalue weighted by Crippen LogP contribution is 2.28. The van der Waals surface area contributed by atoms with E-state index in [1.807, 2.05) is 41.8 Å². The Morgan fingerprint density at radius 2 is 1.75 bits per heavy atom. The summed E-state index contributed by atoms with van der Waals surface area (Å²) in [5, 5.41) is 14.6. The van der Waals surface area contributed by atoms with Crippen molar-refractivity contribution < 1.29 is 9.90 Å². The quantitative estimate of drug-likeness (QED) is 0.255. The molecule has 0 aliphatic carbocycles. The van der Waals surface area contributed by atoms with Gasteiger partial charge in [-0.1, -0.05) is 54.6 Å². The molecule has 0 amide bonds. The standard InChI is InChI=1S/C27H28N2O2S/c1-19-8-13-23-24(17-28-15-14-20-9-11-22(32-2)12-10-20)26(27(30)31)29(25(23)16-19)18-21-6-4-3-5-7-21/h3-13,16,28H,14-15,17-18H2,1-2H3,(H,30,31). The van der Waals surface area contributed by atoms with Gasteiger partial charge in [0.15, 0.2) is 0 Å². The third-order valence-corrected chi connectivity index (χ3v) is 6.51. The second-order valence-electron chi connectivity index (χ2n) is 8.00. The van der Waals surface area contributed by atoms with E-state index in [4.69, 9.17) is 0 Å².